The minimum atomic E-state index is -0.509. The third-order valence-electron chi connectivity index (χ3n) is 4.16. The monoisotopic (exact) mass is 324 g/mol. The Morgan fingerprint density at radius 3 is 2.54 bits per heavy atom. The maximum absolute atomic E-state index is 13.5. The molecule has 5 heteroatoms. The molecule has 1 N–H and O–H groups in total. The number of benzene rings is 2. The van der Waals surface area contributed by atoms with E-state index in [0.29, 0.717) is 11.2 Å². The van der Waals surface area contributed by atoms with E-state index in [9.17, 15) is 14.0 Å². The van der Waals surface area contributed by atoms with Gasteiger partial charge in [0, 0.05) is 24.3 Å². The third-order valence-corrected chi connectivity index (χ3v) is 4.16. The van der Waals surface area contributed by atoms with Crippen molar-refractivity contribution in [1.29, 1.82) is 0 Å². The van der Waals surface area contributed by atoms with E-state index in [2.05, 4.69) is 5.32 Å². The standard InChI is InChI=1S/C19H17FN2O2/c1-11-4-6-14(8-12(11)2)21-19(24)16-10-22(3)17-7-5-13(20)9-15(17)18(16)23/h4-10H,1-3H3,(H,21,24). The van der Waals surface area contributed by atoms with E-state index in [0.717, 1.165) is 17.2 Å². The van der Waals surface area contributed by atoms with Crippen LogP contribution in [0.3, 0.4) is 0 Å². The highest BCUT2D eigenvalue weighted by molar-refractivity contribution is 6.05. The number of rotatable bonds is 2. The zero-order chi connectivity index (χ0) is 17.4. The Kier molecular flexibility index (Phi) is 3.93. The number of aryl methyl sites for hydroxylation is 3. The van der Waals surface area contributed by atoms with Crippen LogP contribution < -0.4 is 10.7 Å². The van der Waals surface area contributed by atoms with Crippen LogP contribution in [-0.4, -0.2) is 10.5 Å². The first kappa shape index (κ1) is 15.9. The summed E-state index contributed by atoms with van der Waals surface area (Å²) in [6.07, 6.45) is 1.47. The lowest BCUT2D eigenvalue weighted by Crippen LogP contribution is -2.23. The van der Waals surface area contributed by atoms with Gasteiger partial charge in [0.05, 0.1) is 5.52 Å². The van der Waals surface area contributed by atoms with Crippen molar-refractivity contribution < 1.29 is 9.18 Å². The number of fused-ring (bicyclic) bond motifs is 1. The quantitative estimate of drug-likeness (QED) is 0.784. The number of pyridine rings is 1. The largest absolute Gasteiger partial charge is 0.350 e. The number of halogens is 1. The molecule has 0 unspecified atom stereocenters. The third kappa shape index (κ3) is 2.80. The number of anilines is 1. The van der Waals surface area contributed by atoms with Crippen molar-refractivity contribution in [3.05, 3.63) is 75.3 Å². The average molecular weight is 324 g/mol. The first-order valence-electron chi connectivity index (χ1n) is 7.54. The topological polar surface area (TPSA) is 51.1 Å². The van der Waals surface area contributed by atoms with Gasteiger partial charge in [-0.1, -0.05) is 6.07 Å². The molecule has 2 aromatic carbocycles. The molecular weight excluding hydrogens is 307 g/mol. The second-order valence-electron chi connectivity index (χ2n) is 5.90. The van der Waals surface area contributed by atoms with E-state index in [1.807, 2.05) is 26.0 Å². The van der Waals surface area contributed by atoms with Crippen LogP contribution in [0.15, 0.2) is 47.4 Å². The predicted molar refractivity (Wildman–Crippen MR) is 93.0 cm³/mol. The smallest absolute Gasteiger partial charge is 0.261 e. The number of hydrogen-bond acceptors (Lipinski definition) is 2. The summed E-state index contributed by atoms with van der Waals surface area (Å²) in [5, 5.41) is 2.91. The summed E-state index contributed by atoms with van der Waals surface area (Å²) in [7, 11) is 1.71. The van der Waals surface area contributed by atoms with Gasteiger partial charge in [-0.2, -0.15) is 0 Å². The van der Waals surface area contributed by atoms with Gasteiger partial charge in [0.2, 0.25) is 5.43 Å². The Hall–Kier alpha value is -2.95. The first-order chi connectivity index (χ1) is 11.4. The molecule has 0 atom stereocenters. The van der Waals surface area contributed by atoms with Crippen LogP contribution in [0.1, 0.15) is 21.5 Å². The molecule has 0 aliphatic heterocycles. The lowest BCUT2D eigenvalue weighted by molar-refractivity contribution is 0.102. The van der Waals surface area contributed by atoms with Gasteiger partial charge in [0.25, 0.3) is 5.91 Å². The van der Waals surface area contributed by atoms with Gasteiger partial charge in [0.15, 0.2) is 0 Å². The van der Waals surface area contributed by atoms with Gasteiger partial charge in [-0.25, -0.2) is 4.39 Å². The Labute approximate surface area is 138 Å². The first-order valence-corrected chi connectivity index (χ1v) is 7.54. The zero-order valence-corrected chi connectivity index (χ0v) is 13.7. The molecule has 0 aliphatic rings. The number of carbonyl (C=O) groups is 1. The van der Waals surface area contributed by atoms with Crippen molar-refractivity contribution in [2.24, 2.45) is 7.05 Å². The van der Waals surface area contributed by atoms with Crippen molar-refractivity contribution in [3.8, 4) is 0 Å². The van der Waals surface area contributed by atoms with Crippen molar-refractivity contribution in [3.63, 3.8) is 0 Å². The lowest BCUT2D eigenvalue weighted by atomic mass is 10.1. The number of hydrogen-bond donors (Lipinski definition) is 1. The van der Waals surface area contributed by atoms with Crippen LogP contribution in [0, 0.1) is 19.7 Å². The fourth-order valence-electron chi connectivity index (χ4n) is 2.64. The summed E-state index contributed by atoms with van der Waals surface area (Å²) < 4.78 is 15.1. The number of nitrogens with zero attached hydrogens (tertiary/aromatic N) is 1. The molecule has 0 radical (unpaired) electrons. The van der Waals surface area contributed by atoms with Crippen molar-refractivity contribution in [2.45, 2.75) is 13.8 Å². The van der Waals surface area contributed by atoms with Crippen LogP contribution >= 0.6 is 0 Å². The molecule has 4 nitrogen and oxygen atoms in total. The minimum absolute atomic E-state index is 0.0196. The minimum Gasteiger partial charge on any atom is -0.350 e. The molecule has 0 fully saturated rings. The summed E-state index contributed by atoms with van der Waals surface area (Å²) in [4.78, 5) is 25.0. The van der Waals surface area contributed by atoms with Gasteiger partial charge in [-0.15, -0.1) is 0 Å². The van der Waals surface area contributed by atoms with Gasteiger partial charge in [0.1, 0.15) is 11.4 Å². The Bertz CT molecular complexity index is 1020. The van der Waals surface area contributed by atoms with Crippen LogP contribution in [-0.2, 0) is 7.05 Å². The van der Waals surface area contributed by atoms with Crippen molar-refractivity contribution in [1.82, 2.24) is 4.57 Å². The fraction of sp³-hybridized carbons (Fsp3) is 0.158. The van der Waals surface area contributed by atoms with Gasteiger partial charge >= 0.3 is 0 Å². The molecule has 1 amide bonds. The van der Waals surface area contributed by atoms with Crippen molar-refractivity contribution in [2.75, 3.05) is 5.32 Å². The Morgan fingerprint density at radius 2 is 1.83 bits per heavy atom. The summed E-state index contributed by atoms with van der Waals surface area (Å²) in [6, 6.07) is 9.50. The SMILES string of the molecule is Cc1ccc(NC(=O)c2cn(C)c3ccc(F)cc3c2=O)cc1C. The van der Waals surface area contributed by atoms with Crippen molar-refractivity contribution >= 4 is 22.5 Å². The summed E-state index contributed by atoms with van der Waals surface area (Å²) >= 11 is 0. The highest BCUT2D eigenvalue weighted by Gasteiger charge is 2.15. The summed E-state index contributed by atoms with van der Waals surface area (Å²) in [5.41, 5.74) is 2.85. The molecule has 1 aromatic heterocycles. The number of nitrogens with one attached hydrogen (secondary N) is 1. The average Bonchev–Trinajstić information content (AvgIpc) is 2.54. The Balaban J connectivity index is 2.05. The normalized spacial score (nSPS) is 10.8. The summed E-state index contributed by atoms with van der Waals surface area (Å²) in [6.45, 7) is 3.93. The lowest BCUT2D eigenvalue weighted by Gasteiger charge is -2.10. The van der Waals surface area contributed by atoms with Crippen LogP contribution in [0.5, 0.6) is 0 Å². The van der Waals surface area contributed by atoms with E-state index < -0.39 is 17.2 Å². The molecule has 24 heavy (non-hydrogen) atoms. The second kappa shape index (κ2) is 5.92. The van der Waals surface area contributed by atoms with Gasteiger partial charge in [-0.3, -0.25) is 9.59 Å². The predicted octanol–water partition coefficient (Wildman–Crippen LogP) is 3.55. The number of amides is 1. The van der Waals surface area contributed by atoms with Crippen LogP contribution in [0.4, 0.5) is 10.1 Å². The summed E-state index contributed by atoms with van der Waals surface area (Å²) in [5.74, 6) is -1.02. The van der Waals surface area contributed by atoms with Gasteiger partial charge in [-0.05, 0) is 55.3 Å². The van der Waals surface area contributed by atoms with Crippen LogP contribution in [0.2, 0.25) is 0 Å². The van der Waals surface area contributed by atoms with Crippen LogP contribution in [0.25, 0.3) is 10.9 Å². The second-order valence-corrected chi connectivity index (χ2v) is 5.90. The van der Waals surface area contributed by atoms with E-state index in [1.54, 1.807) is 17.7 Å². The molecule has 0 saturated carbocycles. The molecular formula is C19H17FN2O2. The van der Waals surface area contributed by atoms with E-state index in [1.165, 1.54) is 18.3 Å². The molecule has 3 aromatic rings. The van der Waals surface area contributed by atoms with Gasteiger partial charge < -0.3 is 9.88 Å². The number of aromatic nitrogens is 1. The highest BCUT2D eigenvalue weighted by atomic mass is 19.1. The van der Waals surface area contributed by atoms with E-state index in [4.69, 9.17) is 0 Å². The molecule has 0 bridgehead atoms. The highest BCUT2D eigenvalue weighted by Crippen LogP contribution is 2.16. The molecule has 122 valence electrons. The maximum Gasteiger partial charge on any atom is 0.261 e. The molecule has 0 aliphatic carbocycles. The number of carbonyl (C=O) groups excluding carboxylic acids is 1. The van der Waals surface area contributed by atoms with E-state index >= 15 is 0 Å². The Morgan fingerprint density at radius 1 is 1.08 bits per heavy atom. The molecule has 0 spiro atoms. The molecule has 3 rings (SSSR count). The zero-order valence-electron chi connectivity index (χ0n) is 13.7. The van der Waals surface area contributed by atoms with E-state index in [-0.39, 0.29) is 10.9 Å². The fourth-order valence-corrected chi connectivity index (χ4v) is 2.64. The molecule has 0 saturated heterocycles. The molecule has 1 heterocycles. The maximum atomic E-state index is 13.5.